The normalized spacial score (nSPS) is 13.6. The molecule has 0 saturated heterocycles. The molecule has 2 aromatic rings. The van der Waals surface area contributed by atoms with E-state index in [9.17, 15) is 15.3 Å². The highest BCUT2D eigenvalue weighted by Gasteiger charge is 2.21. The Morgan fingerprint density at radius 2 is 1.56 bits per heavy atom. The summed E-state index contributed by atoms with van der Waals surface area (Å²) in [6, 6.07) is 11.1. The number of aliphatic imine (C=N–C) groups is 2. The van der Waals surface area contributed by atoms with Gasteiger partial charge in [0.15, 0.2) is 0 Å². The van der Waals surface area contributed by atoms with E-state index in [-0.39, 0.29) is 19.8 Å². The molecule has 6 heteroatoms. The summed E-state index contributed by atoms with van der Waals surface area (Å²) in [7, 11) is 1.53. The third kappa shape index (κ3) is 3.32. The predicted octanol–water partition coefficient (Wildman–Crippen LogP) is 1.42. The summed E-state index contributed by atoms with van der Waals surface area (Å²) in [5.41, 5.74) is 5.16. The Morgan fingerprint density at radius 3 is 2.12 bits per heavy atom. The molecule has 130 valence electrons. The van der Waals surface area contributed by atoms with Crippen LogP contribution < -0.4 is 4.74 Å². The molecule has 0 aliphatic carbocycles. The molecule has 0 unspecified atom stereocenters. The fourth-order valence-electron chi connectivity index (χ4n) is 2.89. The Labute approximate surface area is 145 Å². The van der Waals surface area contributed by atoms with Crippen LogP contribution in [-0.2, 0) is 19.8 Å². The smallest absolute Gasteiger partial charge is 0.130 e. The Bertz CT molecular complexity index is 801. The minimum atomic E-state index is -0.213. The maximum atomic E-state index is 9.62. The van der Waals surface area contributed by atoms with Gasteiger partial charge in [-0.15, -0.1) is 0 Å². The molecule has 2 aromatic carbocycles. The van der Waals surface area contributed by atoms with Gasteiger partial charge in [-0.05, 0) is 23.3 Å². The van der Waals surface area contributed by atoms with Crippen LogP contribution in [0.2, 0.25) is 0 Å². The van der Waals surface area contributed by atoms with Crippen LogP contribution >= 0.6 is 0 Å². The molecule has 0 amide bonds. The predicted molar refractivity (Wildman–Crippen MR) is 95.1 cm³/mol. The number of hydrogen-bond donors (Lipinski definition) is 3. The molecule has 1 aliphatic heterocycles. The van der Waals surface area contributed by atoms with Crippen LogP contribution in [0, 0.1) is 0 Å². The van der Waals surface area contributed by atoms with Crippen LogP contribution in [0.5, 0.6) is 5.75 Å². The lowest BCUT2D eigenvalue weighted by atomic mass is 9.95. The highest BCUT2D eigenvalue weighted by Crippen LogP contribution is 2.27. The molecule has 0 spiro atoms. The van der Waals surface area contributed by atoms with E-state index in [0.29, 0.717) is 29.3 Å². The van der Waals surface area contributed by atoms with Gasteiger partial charge in [-0.2, -0.15) is 0 Å². The third-order valence-electron chi connectivity index (χ3n) is 4.22. The van der Waals surface area contributed by atoms with Crippen molar-refractivity contribution >= 4 is 11.4 Å². The van der Waals surface area contributed by atoms with Gasteiger partial charge in [-0.3, -0.25) is 9.98 Å². The first kappa shape index (κ1) is 17.3. The monoisotopic (exact) mass is 340 g/mol. The van der Waals surface area contributed by atoms with Crippen molar-refractivity contribution in [1.82, 2.24) is 0 Å². The molecule has 3 rings (SSSR count). The average molecular weight is 340 g/mol. The number of ether oxygens (including phenoxy) is 1. The van der Waals surface area contributed by atoms with E-state index in [4.69, 9.17) is 4.74 Å². The molecule has 6 nitrogen and oxygen atoms in total. The number of methoxy groups -OCH3 is 1. The van der Waals surface area contributed by atoms with Gasteiger partial charge in [0.2, 0.25) is 0 Å². The molecule has 1 aliphatic rings. The molecule has 0 fully saturated rings. The van der Waals surface area contributed by atoms with E-state index in [1.54, 1.807) is 12.1 Å². The summed E-state index contributed by atoms with van der Waals surface area (Å²) in [6.07, 6.45) is 0. The van der Waals surface area contributed by atoms with Crippen molar-refractivity contribution in [2.45, 2.75) is 19.8 Å². The van der Waals surface area contributed by atoms with Crippen molar-refractivity contribution in [2.75, 3.05) is 13.8 Å². The molecular weight excluding hydrogens is 320 g/mol. The zero-order chi connectivity index (χ0) is 17.8. The van der Waals surface area contributed by atoms with Crippen molar-refractivity contribution in [3.05, 3.63) is 64.2 Å². The van der Waals surface area contributed by atoms with E-state index in [1.165, 1.54) is 7.11 Å². The van der Waals surface area contributed by atoms with Crippen molar-refractivity contribution < 1.29 is 20.1 Å². The summed E-state index contributed by atoms with van der Waals surface area (Å²) >= 11 is 0. The van der Waals surface area contributed by atoms with Gasteiger partial charge in [0.1, 0.15) is 12.4 Å². The van der Waals surface area contributed by atoms with Gasteiger partial charge < -0.3 is 20.1 Å². The molecular formula is C19H20N2O4. The molecule has 0 bridgehead atoms. The number of nitrogens with zero attached hydrogens (tertiary/aromatic N) is 2. The summed E-state index contributed by atoms with van der Waals surface area (Å²) < 4.78 is 5.36. The first-order valence-corrected chi connectivity index (χ1v) is 7.93. The zero-order valence-corrected chi connectivity index (χ0v) is 13.9. The van der Waals surface area contributed by atoms with Crippen LogP contribution in [0.4, 0.5) is 0 Å². The van der Waals surface area contributed by atoms with Crippen molar-refractivity contribution in [2.24, 2.45) is 9.98 Å². The molecule has 25 heavy (non-hydrogen) atoms. The standard InChI is InChI=1S/C19H20N2O4/c1-25-17-7-14(6-15(9-23)16(17)10-24)19-18(20-11-21-19)13-4-2-12(8-22)3-5-13/h2-7,22-24H,8-11H2,1H3. The van der Waals surface area contributed by atoms with Crippen LogP contribution in [0.15, 0.2) is 46.4 Å². The number of benzene rings is 2. The fourth-order valence-corrected chi connectivity index (χ4v) is 2.89. The van der Waals surface area contributed by atoms with E-state index in [2.05, 4.69) is 9.98 Å². The Hall–Kier alpha value is -2.54. The van der Waals surface area contributed by atoms with Crippen LogP contribution in [0.25, 0.3) is 0 Å². The van der Waals surface area contributed by atoms with Gasteiger partial charge in [-0.25, -0.2) is 0 Å². The number of hydrogen-bond acceptors (Lipinski definition) is 6. The maximum absolute atomic E-state index is 9.62. The molecule has 0 saturated carbocycles. The van der Waals surface area contributed by atoms with Crippen LogP contribution in [-0.4, -0.2) is 40.5 Å². The Balaban J connectivity index is 2.02. The SMILES string of the molecule is COc1cc(C2=NCN=C2c2ccc(CO)cc2)cc(CO)c1CO. The minimum Gasteiger partial charge on any atom is -0.496 e. The molecule has 3 N–H and O–H groups in total. The molecule has 0 aromatic heterocycles. The van der Waals surface area contributed by atoms with E-state index >= 15 is 0 Å². The molecule has 1 heterocycles. The average Bonchev–Trinajstić information content (AvgIpc) is 3.16. The third-order valence-corrected chi connectivity index (χ3v) is 4.22. The molecule has 0 radical (unpaired) electrons. The van der Waals surface area contributed by atoms with Gasteiger partial charge >= 0.3 is 0 Å². The zero-order valence-electron chi connectivity index (χ0n) is 13.9. The maximum Gasteiger partial charge on any atom is 0.130 e. The number of aliphatic hydroxyl groups is 3. The Morgan fingerprint density at radius 1 is 0.880 bits per heavy atom. The van der Waals surface area contributed by atoms with E-state index in [0.717, 1.165) is 22.4 Å². The highest BCUT2D eigenvalue weighted by atomic mass is 16.5. The van der Waals surface area contributed by atoms with E-state index in [1.807, 2.05) is 24.3 Å². The Kier molecular flexibility index (Phi) is 5.23. The lowest BCUT2D eigenvalue weighted by molar-refractivity contribution is 0.254. The van der Waals surface area contributed by atoms with Gasteiger partial charge in [0, 0.05) is 16.7 Å². The largest absolute Gasteiger partial charge is 0.496 e. The first-order chi connectivity index (χ1) is 12.2. The van der Waals surface area contributed by atoms with Gasteiger partial charge in [0.05, 0.1) is 38.4 Å². The van der Waals surface area contributed by atoms with Crippen LogP contribution in [0.1, 0.15) is 27.8 Å². The second-order valence-corrected chi connectivity index (χ2v) is 5.64. The molecule has 0 atom stereocenters. The second-order valence-electron chi connectivity index (χ2n) is 5.64. The minimum absolute atomic E-state index is 0.00656. The topological polar surface area (TPSA) is 94.6 Å². The number of aliphatic hydroxyl groups excluding tert-OH is 3. The summed E-state index contributed by atoms with van der Waals surface area (Å²) in [4.78, 5) is 8.95. The first-order valence-electron chi connectivity index (χ1n) is 7.93. The summed E-state index contributed by atoms with van der Waals surface area (Å²) in [6.45, 7) is -0.0846. The lowest BCUT2D eigenvalue weighted by Gasteiger charge is -2.14. The van der Waals surface area contributed by atoms with Gasteiger partial charge in [-0.1, -0.05) is 24.3 Å². The van der Waals surface area contributed by atoms with Crippen molar-refractivity contribution in [3.8, 4) is 5.75 Å². The second kappa shape index (κ2) is 7.57. The van der Waals surface area contributed by atoms with Crippen LogP contribution in [0.3, 0.4) is 0 Å². The fraction of sp³-hybridized carbons (Fsp3) is 0.263. The van der Waals surface area contributed by atoms with E-state index < -0.39 is 0 Å². The summed E-state index contributed by atoms with van der Waals surface area (Å²) in [5.74, 6) is 0.508. The number of rotatable bonds is 6. The van der Waals surface area contributed by atoms with Crippen molar-refractivity contribution in [3.63, 3.8) is 0 Å². The quantitative estimate of drug-likeness (QED) is 0.741. The highest BCUT2D eigenvalue weighted by molar-refractivity contribution is 6.54. The van der Waals surface area contributed by atoms with Gasteiger partial charge in [0.25, 0.3) is 0 Å². The summed E-state index contributed by atoms with van der Waals surface area (Å²) in [5, 5.41) is 28.3. The van der Waals surface area contributed by atoms with Crippen molar-refractivity contribution in [1.29, 1.82) is 0 Å². The lowest BCUT2D eigenvalue weighted by Crippen LogP contribution is -2.15.